The fourth-order valence-corrected chi connectivity index (χ4v) is 2.84. The maximum Gasteiger partial charge on any atom is 2.00 e. The minimum Gasteiger partial charge on any atom is -1.00 e. The van der Waals surface area contributed by atoms with Gasteiger partial charge in [0.2, 0.25) is 0 Å². The third kappa shape index (κ3) is 8.26. The Morgan fingerprint density at radius 1 is 1.00 bits per heavy atom. The molecule has 0 unspecified atom stereocenters. The number of rotatable bonds is 7. The number of ether oxygens (including phenoxy) is 2. The molecule has 0 radical (unpaired) electrons. The summed E-state index contributed by atoms with van der Waals surface area (Å²) in [5, 5.41) is 0. The molecule has 0 spiro atoms. The van der Waals surface area contributed by atoms with Crippen molar-refractivity contribution in [3.8, 4) is 11.5 Å². The molecule has 0 N–H and O–H groups in total. The van der Waals surface area contributed by atoms with Gasteiger partial charge < -0.3 is 39.8 Å². The number of halogens is 2. The Bertz CT molecular complexity index is 681. The van der Waals surface area contributed by atoms with Crippen molar-refractivity contribution >= 4 is 18.0 Å². The molecule has 8 heteroatoms. The van der Waals surface area contributed by atoms with Gasteiger partial charge in [-0.2, -0.15) is 4.79 Å². The van der Waals surface area contributed by atoms with E-state index in [1.807, 2.05) is 56.3 Å². The van der Waals surface area contributed by atoms with Gasteiger partial charge in [0.1, 0.15) is 11.5 Å². The minimum atomic E-state index is 0. The third-order valence-electron chi connectivity index (χ3n) is 2.84. The van der Waals surface area contributed by atoms with E-state index < -0.39 is 0 Å². The number of nitrogens with zero attached hydrogens (tertiary/aromatic N) is 2. The van der Waals surface area contributed by atoms with Gasteiger partial charge in [-0.15, -0.1) is 0 Å². The van der Waals surface area contributed by atoms with Crippen LogP contribution in [0.5, 0.6) is 11.5 Å². The smallest absolute Gasteiger partial charge is 1.00 e. The second-order valence-corrected chi connectivity index (χ2v) is 5.51. The van der Waals surface area contributed by atoms with Crippen molar-refractivity contribution in [3.63, 3.8) is 0 Å². The van der Waals surface area contributed by atoms with E-state index in [4.69, 9.17) is 15.0 Å². The van der Waals surface area contributed by atoms with Crippen LogP contribution >= 0.6 is 11.8 Å². The summed E-state index contributed by atoms with van der Waals surface area (Å²) in [6.07, 6.45) is 1.40. The van der Waals surface area contributed by atoms with Crippen LogP contribution in [0.25, 0.3) is 5.53 Å². The van der Waals surface area contributed by atoms with Crippen LogP contribution in [0, 0.1) is 0 Å². The molecule has 0 amide bonds. The van der Waals surface area contributed by atoms with E-state index in [0.717, 1.165) is 26.9 Å². The van der Waals surface area contributed by atoms with E-state index >= 15 is 0 Å². The van der Waals surface area contributed by atoms with E-state index in [1.54, 1.807) is 11.8 Å². The van der Waals surface area contributed by atoms with Crippen molar-refractivity contribution in [1.29, 1.82) is 0 Å². The van der Waals surface area contributed by atoms with E-state index in [9.17, 15) is 0 Å². The van der Waals surface area contributed by atoms with Crippen LogP contribution in [0.3, 0.4) is 0 Å². The number of hydrogen-bond acceptors (Lipinski definition) is 3. The third-order valence-corrected chi connectivity index (χ3v) is 3.89. The standard InChI is InChI=1S/C17H18N2O2S.2ClH.Zn/c1-3-20-14-7-10-16(21-4-2)17(11-14)22-15-8-5-13(6-9-15)12-19-18;;;/h5-12H,3-4H2,1-2H3;2*1H;/q;;;+2/p-2. The van der Waals surface area contributed by atoms with Crippen molar-refractivity contribution in [2.45, 2.75) is 23.6 Å². The molecule has 0 saturated carbocycles. The van der Waals surface area contributed by atoms with Crippen molar-refractivity contribution < 1.29 is 58.6 Å². The van der Waals surface area contributed by atoms with Crippen LogP contribution in [0.15, 0.2) is 52.3 Å². The summed E-state index contributed by atoms with van der Waals surface area (Å²) in [4.78, 5) is 5.11. The average Bonchev–Trinajstić information content (AvgIpc) is 2.52. The summed E-state index contributed by atoms with van der Waals surface area (Å²) in [5.74, 6) is 1.68. The van der Waals surface area contributed by atoms with Gasteiger partial charge in [0.15, 0.2) is 0 Å². The molecule has 130 valence electrons. The van der Waals surface area contributed by atoms with Gasteiger partial charge in [0.25, 0.3) is 6.21 Å². The van der Waals surface area contributed by atoms with Crippen molar-refractivity contribution in [2.24, 2.45) is 0 Å². The molecule has 0 heterocycles. The first kappa shape index (κ1) is 26.2. The Kier molecular flexibility index (Phi) is 14.9. The first-order valence-electron chi connectivity index (χ1n) is 7.11. The SMILES string of the molecule is CCOc1ccc(OCC)c(Sc2ccc(C=[N+]=[N-])cc2)c1.[Cl-].[Cl-].[Zn+2]. The first-order valence-corrected chi connectivity index (χ1v) is 7.93. The Labute approximate surface area is 177 Å². The molecule has 0 aliphatic heterocycles. The van der Waals surface area contributed by atoms with E-state index in [1.165, 1.54) is 6.21 Å². The normalized spacial score (nSPS) is 8.72. The molecular weight excluding hydrogens is 433 g/mol. The monoisotopic (exact) mass is 448 g/mol. The zero-order valence-corrected chi connectivity index (χ0v) is 19.4. The molecule has 4 nitrogen and oxygen atoms in total. The molecule has 2 aromatic rings. The van der Waals surface area contributed by atoms with Crippen LogP contribution in [0.1, 0.15) is 19.4 Å². The largest absolute Gasteiger partial charge is 2.00 e. The molecule has 25 heavy (non-hydrogen) atoms. The van der Waals surface area contributed by atoms with Gasteiger partial charge in [-0.05, 0) is 56.3 Å². The molecule has 0 atom stereocenters. The molecule has 0 aliphatic rings. The van der Waals surface area contributed by atoms with Crippen LogP contribution in [0.4, 0.5) is 0 Å². The molecule has 0 fully saturated rings. The predicted octanol–water partition coefficient (Wildman–Crippen LogP) is -1.71. The number of hydrogen-bond donors (Lipinski definition) is 0. The maximum absolute atomic E-state index is 8.53. The maximum atomic E-state index is 8.53. The molecule has 0 aliphatic carbocycles. The van der Waals surface area contributed by atoms with Crippen molar-refractivity contribution in [2.75, 3.05) is 13.2 Å². The molecule has 0 aromatic heterocycles. The molecule has 2 rings (SSSR count). The van der Waals surface area contributed by atoms with Gasteiger partial charge in [0.05, 0.1) is 23.7 Å². The Balaban J connectivity index is 0. The summed E-state index contributed by atoms with van der Waals surface area (Å²) in [7, 11) is 0. The summed E-state index contributed by atoms with van der Waals surface area (Å²) < 4.78 is 11.2. The van der Waals surface area contributed by atoms with Gasteiger partial charge >= 0.3 is 19.5 Å². The van der Waals surface area contributed by atoms with Gasteiger partial charge in [-0.3, -0.25) is 0 Å². The van der Waals surface area contributed by atoms with E-state index in [-0.39, 0.29) is 44.3 Å². The van der Waals surface area contributed by atoms with Crippen molar-refractivity contribution in [3.05, 3.63) is 53.6 Å². The minimum absolute atomic E-state index is 0. The van der Waals surface area contributed by atoms with E-state index in [2.05, 4.69) is 4.79 Å². The summed E-state index contributed by atoms with van der Waals surface area (Å²) >= 11 is 1.61. The predicted molar refractivity (Wildman–Crippen MR) is 88.1 cm³/mol. The zero-order chi connectivity index (χ0) is 15.8. The fraction of sp³-hybridized carbons (Fsp3) is 0.235. The quantitative estimate of drug-likeness (QED) is 0.219. The summed E-state index contributed by atoms with van der Waals surface area (Å²) in [6.45, 7) is 5.18. The second kappa shape index (κ2) is 14.2. The van der Waals surface area contributed by atoms with Gasteiger partial charge in [-0.1, -0.05) is 11.8 Å². The Hall–Kier alpha value is -1.03. The number of benzene rings is 2. The van der Waals surface area contributed by atoms with Crippen LogP contribution in [-0.2, 0) is 19.5 Å². The Morgan fingerprint density at radius 2 is 1.64 bits per heavy atom. The second-order valence-electron chi connectivity index (χ2n) is 4.39. The zero-order valence-electron chi connectivity index (χ0n) is 14.1. The van der Waals surface area contributed by atoms with E-state index in [0.29, 0.717) is 13.2 Å². The van der Waals surface area contributed by atoms with Gasteiger partial charge in [-0.25, -0.2) is 0 Å². The van der Waals surface area contributed by atoms with Crippen LogP contribution in [-0.4, -0.2) is 24.2 Å². The molecular formula is C17H18Cl2N2O2SZn. The summed E-state index contributed by atoms with van der Waals surface area (Å²) in [6, 6.07) is 13.6. The first-order chi connectivity index (χ1) is 10.8. The molecule has 0 bridgehead atoms. The average molecular weight is 451 g/mol. The topological polar surface area (TPSA) is 54.9 Å². The van der Waals surface area contributed by atoms with Crippen molar-refractivity contribution in [1.82, 2.24) is 0 Å². The Morgan fingerprint density at radius 3 is 2.20 bits per heavy atom. The van der Waals surface area contributed by atoms with Crippen LogP contribution in [0.2, 0.25) is 0 Å². The molecule has 2 aromatic carbocycles. The summed E-state index contributed by atoms with van der Waals surface area (Å²) in [5.41, 5.74) is 9.38. The van der Waals surface area contributed by atoms with Gasteiger partial charge in [0, 0.05) is 4.90 Å². The van der Waals surface area contributed by atoms with Crippen LogP contribution < -0.4 is 34.3 Å². The fourth-order valence-electron chi connectivity index (χ4n) is 1.91. The molecule has 0 saturated heterocycles.